The SMILES string of the molecule is [2H]c1c([2H])c(C)c([2H])c(OCC(O)C([2H])([2H])CC([2H])([2H])C([2H])([2H])c2c([2H])c([2H])c(OC)c(OC([2H])([2H])[2H])c2[2H])c1[2H]. The van der Waals surface area contributed by atoms with Gasteiger partial charge in [0.1, 0.15) is 12.4 Å². The third-order valence-electron chi connectivity index (χ3n) is 2.80. The van der Waals surface area contributed by atoms with Gasteiger partial charge >= 0.3 is 0 Å². The average Bonchev–Trinajstić information content (AvgIpc) is 2.83. The minimum absolute atomic E-state index is 0.00415. The van der Waals surface area contributed by atoms with E-state index >= 15 is 0 Å². The molecule has 0 heterocycles. The van der Waals surface area contributed by atoms with Crippen LogP contribution in [0.3, 0.4) is 0 Å². The third kappa shape index (κ3) is 6.31. The van der Waals surface area contributed by atoms with E-state index in [1.807, 2.05) is 0 Å². The predicted octanol–water partition coefficient (Wildman–Crippen LogP) is 4.16. The number of hydrogen-bond donors (Lipinski definition) is 1. The first-order valence-corrected chi connectivity index (χ1v) is 7.18. The fraction of sp³-hybridized carbons (Fsp3) is 0.429. The molecule has 0 aromatic heterocycles. The summed E-state index contributed by atoms with van der Waals surface area (Å²) in [7, 11) is -2.20. The Morgan fingerprint density at radius 1 is 1.20 bits per heavy atom. The zero-order valence-corrected chi connectivity index (χ0v) is 13.7. The van der Waals surface area contributed by atoms with E-state index in [0.29, 0.717) is 0 Å². The van der Waals surface area contributed by atoms with E-state index in [-0.39, 0.29) is 11.6 Å². The molecule has 1 atom stereocenters. The summed E-state index contributed by atoms with van der Waals surface area (Å²) in [5.41, 5.74) is -1.11. The maximum absolute atomic E-state index is 10.5. The van der Waals surface area contributed by atoms with Crippen molar-refractivity contribution in [2.24, 2.45) is 0 Å². The van der Waals surface area contributed by atoms with Crippen LogP contribution in [0.25, 0.3) is 0 Å². The summed E-state index contributed by atoms with van der Waals surface area (Å²) in [6, 6.07) is -5.10. The lowest BCUT2D eigenvalue weighted by Gasteiger charge is -2.13. The molecule has 0 fully saturated rings. The predicted molar refractivity (Wildman–Crippen MR) is 99.8 cm³/mol. The molecule has 1 unspecified atom stereocenters. The Hall–Kier alpha value is -2.20. The molecule has 4 heteroatoms. The van der Waals surface area contributed by atoms with E-state index in [1.54, 1.807) is 0 Å². The fourth-order valence-corrected chi connectivity index (χ4v) is 1.67. The lowest BCUT2D eigenvalue weighted by atomic mass is 10.0. The topological polar surface area (TPSA) is 47.9 Å². The van der Waals surface area contributed by atoms with Crippen LogP contribution in [0.15, 0.2) is 42.3 Å². The smallest absolute Gasteiger partial charge is 0.160 e. The molecule has 0 saturated heterocycles. The summed E-state index contributed by atoms with van der Waals surface area (Å²) < 4.78 is 143. The molecule has 4 nitrogen and oxygen atoms in total. The summed E-state index contributed by atoms with van der Waals surface area (Å²) >= 11 is 0. The standard InChI is InChI=1S/C21H28O4/c1-16-7-6-10-19(13-16)25-15-18(22)9-5-4-8-17-11-12-20(23-2)21(14-17)24-3/h6-7,10-14,18,22H,4-5,8-9,15H2,1-3H3/i3D3,4D2,6D,7D,8D2,9D2,10D,11D,12D,13D,14D. The number of ether oxygens (including phenoxy) is 3. The Bertz CT molecular complexity index is 1280. The molecule has 0 bridgehead atoms. The van der Waals surface area contributed by atoms with Crippen molar-refractivity contribution in [1.82, 2.24) is 0 Å². The van der Waals surface area contributed by atoms with E-state index < -0.39 is 104 Å². The maximum Gasteiger partial charge on any atom is 0.160 e. The number of hydrogen-bond acceptors (Lipinski definition) is 4. The van der Waals surface area contributed by atoms with Gasteiger partial charge in [-0.25, -0.2) is 0 Å². The molecular weight excluding hydrogens is 316 g/mol. The molecule has 25 heavy (non-hydrogen) atoms. The van der Waals surface area contributed by atoms with E-state index in [9.17, 15) is 5.11 Å². The Kier molecular flexibility index (Phi) is 2.72. The first kappa shape index (κ1) is 6.84. The van der Waals surface area contributed by atoms with Crippen LogP contribution in [0.2, 0.25) is 0 Å². The number of aliphatic hydroxyl groups is 1. The molecule has 0 radical (unpaired) electrons. The molecule has 2 aromatic rings. The zero-order valence-electron chi connectivity index (χ0n) is 29.7. The second-order valence-corrected chi connectivity index (χ2v) is 4.68. The van der Waals surface area contributed by atoms with Gasteiger partial charge in [-0.1, -0.05) is 24.5 Å². The molecule has 1 N–H and O–H groups in total. The summed E-state index contributed by atoms with van der Waals surface area (Å²) in [5, 5.41) is 10.5. The number of methoxy groups -OCH3 is 2. The summed E-state index contributed by atoms with van der Waals surface area (Å²) in [6.45, 7) is 0.377. The van der Waals surface area contributed by atoms with E-state index in [1.165, 1.54) is 6.92 Å². The van der Waals surface area contributed by atoms with Gasteiger partial charge < -0.3 is 19.3 Å². The zero-order chi connectivity index (χ0) is 32.0. The van der Waals surface area contributed by atoms with Crippen molar-refractivity contribution in [2.45, 2.75) is 38.6 Å². The highest BCUT2D eigenvalue weighted by Crippen LogP contribution is 2.28. The van der Waals surface area contributed by atoms with Crippen molar-refractivity contribution in [3.8, 4) is 17.2 Å². The van der Waals surface area contributed by atoms with Crippen molar-refractivity contribution in [2.75, 3.05) is 20.8 Å². The lowest BCUT2D eigenvalue weighted by Crippen LogP contribution is -2.17. The van der Waals surface area contributed by atoms with Gasteiger partial charge in [0.05, 0.1) is 34.0 Å². The highest BCUT2D eigenvalue weighted by Gasteiger charge is 2.07. The quantitative estimate of drug-likeness (QED) is 0.691. The molecule has 0 aliphatic heterocycles. The highest BCUT2D eigenvalue weighted by molar-refractivity contribution is 5.42. The van der Waals surface area contributed by atoms with Gasteiger partial charge in [0, 0.05) is 8.22 Å². The first-order valence-electron chi connectivity index (χ1n) is 15.2. The van der Waals surface area contributed by atoms with Gasteiger partial charge in [0.2, 0.25) is 0 Å². The molecule has 136 valence electrons. The Balaban J connectivity index is 2.46. The van der Waals surface area contributed by atoms with Crippen LogP contribution in [-0.4, -0.2) is 32.0 Å². The van der Waals surface area contributed by atoms with Crippen LogP contribution in [0.1, 0.15) is 52.2 Å². The lowest BCUT2D eigenvalue weighted by molar-refractivity contribution is 0.0976. The molecule has 2 aromatic carbocycles. The Labute approximate surface area is 172 Å². The maximum atomic E-state index is 10.5. The molecule has 0 amide bonds. The van der Waals surface area contributed by atoms with Gasteiger partial charge in [-0.15, -0.1) is 0 Å². The van der Waals surface area contributed by atoms with Crippen molar-refractivity contribution in [3.63, 3.8) is 0 Å². The molecule has 0 aliphatic carbocycles. The average molecular weight is 361 g/mol. The van der Waals surface area contributed by atoms with Crippen LogP contribution < -0.4 is 14.2 Å². The van der Waals surface area contributed by atoms with Gasteiger partial charge in [0.25, 0.3) is 0 Å². The highest BCUT2D eigenvalue weighted by atomic mass is 16.5. The Morgan fingerprint density at radius 2 is 2.08 bits per heavy atom. The van der Waals surface area contributed by atoms with Crippen molar-refractivity contribution < 1.29 is 41.2 Å². The monoisotopic (exact) mass is 360 g/mol. The third-order valence-corrected chi connectivity index (χ3v) is 2.80. The number of benzene rings is 2. The van der Waals surface area contributed by atoms with Crippen LogP contribution in [0.5, 0.6) is 17.2 Å². The molecular formula is C21H28O4. The van der Waals surface area contributed by atoms with Crippen LogP contribution >= 0.6 is 0 Å². The normalized spacial score (nSPS) is 23.3. The van der Waals surface area contributed by atoms with Crippen LogP contribution in [0, 0.1) is 6.92 Å². The molecule has 0 saturated carbocycles. The van der Waals surface area contributed by atoms with Gasteiger partial charge in [0.15, 0.2) is 11.5 Å². The fourth-order valence-electron chi connectivity index (χ4n) is 1.67. The second-order valence-electron chi connectivity index (χ2n) is 4.68. The van der Waals surface area contributed by atoms with E-state index in [2.05, 4.69) is 0 Å². The van der Waals surface area contributed by atoms with E-state index in [4.69, 9.17) is 36.1 Å². The van der Waals surface area contributed by atoms with Gasteiger partial charge in [-0.2, -0.15) is 0 Å². The Morgan fingerprint density at radius 3 is 2.88 bits per heavy atom. The second kappa shape index (κ2) is 9.94. The summed E-state index contributed by atoms with van der Waals surface area (Å²) in [5.74, 6) is -2.14. The van der Waals surface area contributed by atoms with Crippen LogP contribution in [0.4, 0.5) is 0 Å². The first-order chi connectivity index (χ1) is 18.4. The minimum Gasteiger partial charge on any atom is -0.493 e. The van der Waals surface area contributed by atoms with Crippen molar-refractivity contribution >= 4 is 0 Å². The summed E-state index contributed by atoms with van der Waals surface area (Å²) in [4.78, 5) is 0. The largest absolute Gasteiger partial charge is 0.493 e. The van der Waals surface area contributed by atoms with E-state index in [0.717, 1.165) is 7.11 Å². The number of rotatable bonds is 10. The van der Waals surface area contributed by atoms with Gasteiger partial charge in [-0.05, 0) is 61.3 Å². The summed E-state index contributed by atoms with van der Waals surface area (Å²) in [6.07, 6.45) is -13.3. The van der Waals surface area contributed by atoms with Crippen LogP contribution in [-0.2, 0) is 6.37 Å². The van der Waals surface area contributed by atoms with Gasteiger partial charge in [-0.3, -0.25) is 0 Å². The molecule has 0 aliphatic rings. The number of aliphatic hydroxyl groups excluding tert-OH is 1. The molecule has 2 rings (SSSR count). The molecule has 0 spiro atoms. The minimum atomic E-state index is -3.42. The van der Waals surface area contributed by atoms with Crippen molar-refractivity contribution in [3.05, 3.63) is 53.4 Å². The van der Waals surface area contributed by atoms with Crippen molar-refractivity contribution in [1.29, 1.82) is 0 Å².